The van der Waals surface area contributed by atoms with Crippen LogP contribution < -0.4 is 9.21 Å². The molecule has 2 aromatic rings. The van der Waals surface area contributed by atoms with Crippen molar-refractivity contribution in [2.75, 3.05) is 24.4 Å². The standard InChI is InChI=1S/C20H21N3O2S/c1-14-3-8-19-17(11-14)18-13-22(2)10-9-20(18)23(19)26(24,25)16-6-4-15(12-21)5-7-16/h3-8,11,18,20H,9-10,13H2,1-2H3/p+1/t18-,20-/m0/s1. The summed E-state index contributed by atoms with van der Waals surface area (Å²) in [6.45, 7) is 3.96. The first-order valence-corrected chi connectivity index (χ1v) is 10.3. The molecular weight excluding hydrogens is 346 g/mol. The lowest BCUT2D eigenvalue weighted by molar-refractivity contribution is -0.886. The number of anilines is 1. The van der Waals surface area contributed by atoms with Gasteiger partial charge in [0.05, 0.1) is 54.3 Å². The molecule has 0 aromatic heterocycles. The van der Waals surface area contributed by atoms with Crippen molar-refractivity contribution >= 4 is 15.7 Å². The first-order chi connectivity index (χ1) is 12.4. The molecule has 2 aliphatic rings. The van der Waals surface area contributed by atoms with Crippen molar-refractivity contribution in [1.29, 1.82) is 5.26 Å². The number of piperidine rings is 1. The van der Waals surface area contributed by atoms with Crippen LogP contribution in [0.1, 0.15) is 29.0 Å². The fraction of sp³-hybridized carbons (Fsp3) is 0.350. The SMILES string of the molecule is Cc1ccc2c(c1)[C@@H]1C[NH+](C)CC[C@@H]1N2S(=O)(=O)c1ccc(C#N)cc1. The summed E-state index contributed by atoms with van der Waals surface area (Å²) < 4.78 is 28.5. The molecule has 0 bridgehead atoms. The smallest absolute Gasteiger partial charge is 0.264 e. The summed E-state index contributed by atoms with van der Waals surface area (Å²) in [6.07, 6.45) is 0.847. The molecule has 2 aliphatic heterocycles. The maximum absolute atomic E-state index is 13.5. The molecule has 0 aliphatic carbocycles. The van der Waals surface area contributed by atoms with Crippen molar-refractivity contribution in [3.8, 4) is 6.07 Å². The number of benzene rings is 2. The van der Waals surface area contributed by atoms with Gasteiger partial charge in [-0.05, 0) is 42.8 Å². The molecule has 0 amide bonds. The van der Waals surface area contributed by atoms with E-state index >= 15 is 0 Å². The van der Waals surface area contributed by atoms with Gasteiger partial charge in [0.2, 0.25) is 0 Å². The molecule has 0 saturated carbocycles. The summed E-state index contributed by atoms with van der Waals surface area (Å²) in [5, 5.41) is 8.97. The third-order valence-electron chi connectivity index (χ3n) is 5.56. The van der Waals surface area contributed by atoms with E-state index in [0.29, 0.717) is 5.56 Å². The molecule has 2 heterocycles. The van der Waals surface area contributed by atoms with Crippen LogP contribution >= 0.6 is 0 Å². The summed E-state index contributed by atoms with van der Waals surface area (Å²) in [4.78, 5) is 1.69. The van der Waals surface area contributed by atoms with E-state index in [-0.39, 0.29) is 16.9 Å². The number of likely N-dealkylation sites (tertiary alicyclic amines) is 1. The number of likely N-dealkylation sites (N-methyl/N-ethyl adjacent to an activating group) is 1. The van der Waals surface area contributed by atoms with Crippen molar-refractivity contribution in [2.45, 2.75) is 30.2 Å². The third-order valence-corrected chi connectivity index (χ3v) is 7.41. The number of hydrogen-bond donors (Lipinski definition) is 1. The van der Waals surface area contributed by atoms with Gasteiger partial charge in [0.15, 0.2) is 0 Å². The number of rotatable bonds is 2. The average Bonchev–Trinajstić information content (AvgIpc) is 2.95. The highest BCUT2D eigenvalue weighted by molar-refractivity contribution is 7.92. The van der Waals surface area contributed by atoms with Crippen LogP contribution in [-0.2, 0) is 10.0 Å². The van der Waals surface area contributed by atoms with Gasteiger partial charge in [-0.1, -0.05) is 17.7 Å². The number of aryl methyl sites for hydroxylation is 1. The zero-order chi connectivity index (χ0) is 18.5. The van der Waals surface area contributed by atoms with Gasteiger partial charge >= 0.3 is 0 Å². The zero-order valence-electron chi connectivity index (χ0n) is 14.9. The average molecular weight is 368 g/mol. The van der Waals surface area contributed by atoms with E-state index in [1.54, 1.807) is 16.4 Å². The molecule has 1 unspecified atom stereocenters. The Labute approximate surface area is 154 Å². The van der Waals surface area contributed by atoms with E-state index in [9.17, 15) is 8.42 Å². The number of sulfonamides is 1. The number of fused-ring (bicyclic) bond motifs is 3. The Morgan fingerprint density at radius 3 is 2.62 bits per heavy atom. The Morgan fingerprint density at radius 2 is 1.92 bits per heavy atom. The molecule has 4 rings (SSSR count). The molecule has 1 N–H and O–H groups in total. The minimum atomic E-state index is -3.66. The lowest BCUT2D eigenvalue weighted by atomic mass is 9.89. The lowest BCUT2D eigenvalue weighted by Gasteiger charge is -2.34. The molecule has 134 valence electrons. The Hall–Kier alpha value is -2.36. The highest BCUT2D eigenvalue weighted by Gasteiger charge is 2.48. The van der Waals surface area contributed by atoms with Gasteiger partial charge in [0.1, 0.15) is 0 Å². The van der Waals surface area contributed by atoms with Gasteiger partial charge < -0.3 is 4.90 Å². The van der Waals surface area contributed by atoms with E-state index in [0.717, 1.165) is 36.3 Å². The molecule has 0 radical (unpaired) electrons. The summed E-state index contributed by atoms with van der Waals surface area (Å²) >= 11 is 0. The Bertz CT molecular complexity index is 993. The molecule has 2 aromatic carbocycles. The van der Waals surface area contributed by atoms with E-state index in [1.807, 2.05) is 25.1 Å². The zero-order valence-corrected chi connectivity index (χ0v) is 15.8. The maximum Gasteiger partial charge on any atom is 0.264 e. The quantitative estimate of drug-likeness (QED) is 0.872. The molecule has 1 saturated heterocycles. The van der Waals surface area contributed by atoms with Gasteiger partial charge in [0.25, 0.3) is 10.0 Å². The Balaban J connectivity index is 1.83. The number of hydrogen-bond acceptors (Lipinski definition) is 3. The van der Waals surface area contributed by atoms with Gasteiger partial charge in [0, 0.05) is 6.42 Å². The molecule has 26 heavy (non-hydrogen) atoms. The van der Waals surface area contributed by atoms with Crippen LogP contribution in [0.2, 0.25) is 0 Å². The molecule has 3 atom stereocenters. The molecule has 0 spiro atoms. The van der Waals surface area contributed by atoms with Crippen LogP contribution in [0.15, 0.2) is 47.4 Å². The normalized spacial score (nSPS) is 24.7. The van der Waals surface area contributed by atoms with E-state index in [1.165, 1.54) is 17.0 Å². The van der Waals surface area contributed by atoms with Crippen molar-refractivity contribution in [2.24, 2.45) is 0 Å². The number of nitriles is 1. The number of nitrogens with one attached hydrogen (secondary N) is 1. The van der Waals surface area contributed by atoms with Gasteiger partial charge in [-0.2, -0.15) is 5.26 Å². The number of nitrogens with zero attached hydrogens (tertiary/aromatic N) is 2. The second-order valence-corrected chi connectivity index (χ2v) is 9.19. The van der Waals surface area contributed by atoms with Crippen LogP contribution in [0, 0.1) is 18.3 Å². The second-order valence-electron chi connectivity index (χ2n) is 7.37. The summed E-state index contributed by atoms with van der Waals surface area (Å²) in [5.41, 5.74) is 3.57. The monoisotopic (exact) mass is 368 g/mol. The van der Waals surface area contributed by atoms with Crippen molar-refractivity contribution in [3.05, 3.63) is 59.2 Å². The van der Waals surface area contributed by atoms with E-state index in [4.69, 9.17) is 5.26 Å². The van der Waals surface area contributed by atoms with Crippen LogP contribution in [0.4, 0.5) is 5.69 Å². The van der Waals surface area contributed by atoms with Gasteiger partial charge in [-0.25, -0.2) is 8.42 Å². The highest BCUT2D eigenvalue weighted by atomic mass is 32.2. The predicted molar refractivity (Wildman–Crippen MR) is 99.8 cm³/mol. The Morgan fingerprint density at radius 1 is 1.19 bits per heavy atom. The van der Waals surface area contributed by atoms with Crippen molar-refractivity contribution in [1.82, 2.24) is 0 Å². The minimum Gasteiger partial charge on any atom is -0.337 e. The van der Waals surface area contributed by atoms with Crippen LogP contribution in [0.25, 0.3) is 0 Å². The topological polar surface area (TPSA) is 65.6 Å². The van der Waals surface area contributed by atoms with Gasteiger partial charge in [-0.3, -0.25) is 4.31 Å². The van der Waals surface area contributed by atoms with E-state index < -0.39 is 10.0 Å². The highest BCUT2D eigenvalue weighted by Crippen LogP contribution is 2.45. The third kappa shape index (κ3) is 2.59. The van der Waals surface area contributed by atoms with Gasteiger partial charge in [-0.15, -0.1) is 0 Å². The largest absolute Gasteiger partial charge is 0.337 e. The lowest BCUT2D eigenvalue weighted by Crippen LogP contribution is -3.11. The fourth-order valence-corrected chi connectivity index (χ4v) is 6.02. The van der Waals surface area contributed by atoms with Crippen molar-refractivity contribution in [3.63, 3.8) is 0 Å². The fourth-order valence-electron chi connectivity index (χ4n) is 4.28. The maximum atomic E-state index is 13.5. The van der Waals surface area contributed by atoms with Crippen molar-refractivity contribution < 1.29 is 13.3 Å². The molecule has 1 fully saturated rings. The minimum absolute atomic E-state index is 0.0313. The summed E-state index contributed by atoms with van der Waals surface area (Å²) in [6, 6.07) is 14.3. The molecule has 6 heteroatoms. The first kappa shape index (κ1) is 17.1. The number of quaternary nitrogens is 1. The predicted octanol–water partition coefficient (Wildman–Crippen LogP) is 1.45. The Kier molecular flexibility index (Phi) is 4.02. The van der Waals surface area contributed by atoms with Crippen LogP contribution in [0.5, 0.6) is 0 Å². The first-order valence-electron chi connectivity index (χ1n) is 8.88. The summed E-state index contributed by atoms with van der Waals surface area (Å²) in [7, 11) is -1.49. The second kappa shape index (κ2) is 6.11. The molecular formula is C20H22N3O2S+. The summed E-state index contributed by atoms with van der Waals surface area (Å²) in [5.74, 6) is 0.229. The van der Waals surface area contributed by atoms with Crippen LogP contribution in [0.3, 0.4) is 0 Å². The van der Waals surface area contributed by atoms with E-state index in [2.05, 4.69) is 13.1 Å². The van der Waals surface area contributed by atoms with Crippen LogP contribution in [-0.4, -0.2) is 34.6 Å². The molecule has 5 nitrogen and oxygen atoms in total.